The molecule has 1 aliphatic carbocycles. The van der Waals surface area contributed by atoms with Crippen molar-refractivity contribution >= 4 is 39.5 Å². The fourth-order valence-electron chi connectivity index (χ4n) is 3.25. The maximum absolute atomic E-state index is 12.3. The van der Waals surface area contributed by atoms with E-state index in [4.69, 9.17) is 5.73 Å². The van der Waals surface area contributed by atoms with Crippen molar-refractivity contribution in [3.8, 4) is 0 Å². The molecule has 0 bridgehead atoms. The molecule has 3 N–H and O–H groups in total. The largest absolute Gasteiger partial charge is 0.365 e. The molecule has 0 unspecified atom stereocenters. The minimum atomic E-state index is -0.455. The molecule has 0 saturated carbocycles. The van der Waals surface area contributed by atoms with Crippen molar-refractivity contribution in [2.24, 2.45) is 17.1 Å². The Morgan fingerprint density at radius 1 is 1.33 bits per heavy atom. The van der Waals surface area contributed by atoms with E-state index in [0.29, 0.717) is 21.4 Å². The van der Waals surface area contributed by atoms with Crippen molar-refractivity contribution in [3.05, 3.63) is 38.4 Å². The van der Waals surface area contributed by atoms with Crippen LogP contribution in [0.15, 0.2) is 17.5 Å². The lowest BCUT2D eigenvalue weighted by Crippen LogP contribution is -2.27. The molecule has 3 rings (SSSR count). The van der Waals surface area contributed by atoms with Crippen molar-refractivity contribution < 1.29 is 9.59 Å². The van der Waals surface area contributed by atoms with Gasteiger partial charge in [-0.3, -0.25) is 9.59 Å². The predicted octanol–water partition coefficient (Wildman–Crippen LogP) is 4.31. The van der Waals surface area contributed by atoms with E-state index in [1.54, 1.807) is 6.07 Å². The van der Waals surface area contributed by atoms with Gasteiger partial charge in [-0.05, 0) is 47.6 Å². The van der Waals surface area contributed by atoms with E-state index in [0.717, 1.165) is 24.8 Å². The van der Waals surface area contributed by atoms with Crippen LogP contribution in [0, 0.1) is 11.3 Å². The van der Waals surface area contributed by atoms with Gasteiger partial charge in [-0.2, -0.15) is 0 Å². The Bertz CT molecular complexity index is 770. The van der Waals surface area contributed by atoms with Crippen molar-refractivity contribution in [2.75, 3.05) is 5.32 Å². The molecule has 24 heavy (non-hydrogen) atoms. The first-order chi connectivity index (χ1) is 11.3. The average molecular weight is 363 g/mol. The molecule has 6 heteroatoms. The van der Waals surface area contributed by atoms with Gasteiger partial charge in [-0.1, -0.05) is 26.8 Å². The van der Waals surface area contributed by atoms with Gasteiger partial charge in [-0.15, -0.1) is 22.7 Å². The third kappa shape index (κ3) is 3.26. The van der Waals surface area contributed by atoms with E-state index in [9.17, 15) is 9.59 Å². The Balaban J connectivity index is 1.92. The lowest BCUT2D eigenvalue weighted by atomic mass is 9.72. The molecule has 2 aromatic rings. The van der Waals surface area contributed by atoms with Crippen LogP contribution in [0.1, 0.15) is 57.7 Å². The molecule has 0 saturated heterocycles. The summed E-state index contributed by atoms with van der Waals surface area (Å²) in [4.78, 5) is 26.1. The van der Waals surface area contributed by atoms with Crippen LogP contribution in [-0.2, 0) is 12.8 Å². The molecule has 4 nitrogen and oxygen atoms in total. The van der Waals surface area contributed by atoms with E-state index in [-0.39, 0.29) is 11.3 Å². The number of thiophene rings is 2. The van der Waals surface area contributed by atoms with Gasteiger partial charge in [0, 0.05) is 4.88 Å². The van der Waals surface area contributed by atoms with Crippen molar-refractivity contribution in [3.63, 3.8) is 0 Å². The van der Waals surface area contributed by atoms with Gasteiger partial charge in [0.05, 0.1) is 10.4 Å². The van der Waals surface area contributed by atoms with Crippen LogP contribution in [-0.4, -0.2) is 11.8 Å². The molecule has 2 heterocycles. The standard InChI is InChI=1S/C18H22N2O2S2/c1-18(2,3)10-6-7-11-13(9-10)24-17(14(11)15(19)21)20-16(22)12-5-4-8-23-12/h4-5,8,10H,6-7,9H2,1-3H3,(H2,19,21)(H,20,22)/t10-/m1/s1. The number of carbonyl (C=O) groups is 2. The highest BCUT2D eigenvalue weighted by molar-refractivity contribution is 7.17. The summed E-state index contributed by atoms with van der Waals surface area (Å²) in [6.07, 6.45) is 2.84. The molecule has 1 aliphatic rings. The monoisotopic (exact) mass is 362 g/mol. The fraction of sp³-hybridized carbons (Fsp3) is 0.444. The topological polar surface area (TPSA) is 72.2 Å². The predicted molar refractivity (Wildman–Crippen MR) is 100 cm³/mol. The summed E-state index contributed by atoms with van der Waals surface area (Å²) in [6, 6.07) is 3.61. The van der Waals surface area contributed by atoms with Gasteiger partial charge < -0.3 is 11.1 Å². The number of amides is 2. The van der Waals surface area contributed by atoms with E-state index >= 15 is 0 Å². The molecule has 0 spiro atoms. The SMILES string of the molecule is CC(C)(C)[C@@H]1CCc2c(sc(NC(=O)c3cccs3)c2C(N)=O)C1. The average Bonchev–Trinajstić information content (AvgIpc) is 3.12. The first-order valence-corrected chi connectivity index (χ1v) is 9.76. The van der Waals surface area contributed by atoms with Gasteiger partial charge >= 0.3 is 0 Å². The molecule has 2 amide bonds. The molecular weight excluding hydrogens is 340 g/mol. The third-order valence-electron chi connectivity index (χ3n) is 4.71. The molecular formula is C18H22N2O2S2. The van der Waals surface area contributed by atoms with Crippen LogP contribution in [0.2, 0.25) is 0 Å². The van der Waals surface area contributed by atoms with E-state index in [1.165, 1.54) is 27.6 Å². The molecule has 0 radical (unpaired) electrons. The number of carbonyl (C=O) groups excluding carboxylic acids is 2. The van der Waals surface area contributed by atoms with Crippen LogP contribution >= 0.6 is 22.7 Å². The molecule has 2 aromatic heterocycles. The lowest BCUT2D eigenvalue weighted by molar-refractivity contribution is 0.1000. The van der Waals surface area contributed by atoms with Crippen molar-refractivity contribution in [1.82, 2.24) is 0 Å². The highest BCUT2D eigenvalue weighted by atomic mass is 32.1. The summed E-state index contributed by atoms with van der Waals surface area (Å²) < 4.78 is 0. The number of hydrogen-bond donors (Lipinski definition) is 2. The first-order valence-electron chi connectivity index (χ1n) is 8.06. The summed E-state index contributed by atoms with van der Waals surface area (Å²) in [5.41, 5.74) is 7.39. The first kappa shape index (κ1) is 17.2. The van der Waals surface area contributed by atoms with Gasteiger partial charge in [0.25, 0.3) is 11.8 Å². The summed E-state index contributed by atoms with van der Waals surface area (Å²) in [5, 5.41) is 5.35. The number of fused-ring (bicyclic) bond motifs is 1. The number of primary amides is 1. The lowest BCUT2D eigenvalue weighted by Gasteiger charge is -2.33. The van der Waals surface area contributed by atoms with Gasteiger partial charge in [0.15, 0.2) is 0 Å². The Kier molecular flexibility index (Phi) is 4.53. The van der Waals surface area contributed by atoms with Crippen molar-refractivity contribution in [1.29, 1.82) is 0 Å². The number of nitrogens with one attached hydrogen (secondary N) is 1. The Morgan fingerprint density at radius 2 is 2.08 bits per heavy atom. The minimum Gasteiger partial charge on any atom is -0.365 e. The van der Waals surface area contributed by atoms with Crippen molar-refractivity contribution in [2.45, 2.75) is 40.0 Å². The maximum atomic E-state index is 12.3. The second kappa shape index (κ2) is 6.33. The van der Waals surface area contributed by atoms with Crippen LogP contribution in [0.4, 0.5) is 5.00 Å². The zero-order valence-corrected chi connectivity index (χ0v) is 15.8. The third-order valence-corrected chi connectivity index (χ3v) is 6.75. The van der Waals surface area contributed by atoms with Gasteiger partial charge in [-0.25, -0.2) is 0 Å². The smallest absolute Gasteiger partial charge is 0.266 e. The van der Waals surface area contributed by atoms with E-state index < -0.39 is 5.91 Å². The Labute approximate surface area is 150 Å². The second-order valence-corrected chi connectivity index (χ2v) is 9.36. The molecule has 128 valence electrons. The normalized spacial score (nSPS) is 17.4. The highest BCUT2D eigenvalue weighted by Gasteiger charge is 2.33. The van der Waals surface area contributed by atoms with Crippen LogP contribution in [0.25, 0.3) is 0 Å². The number of nitrogens with two attached hydrogens (primary N) is 1. The summed E-state index contributed by atoms with van der Waals surface area (Å²) in [6.45, 7) is 6.76. The van der Waals surface area contributed by atoms with Gasteiger partial charge in [0.1, 0.15) is 5.00 Å². The summed E-state index contributed by atoms with van der Waals surface area (Å²) in [7, 11) is 0. The second-order valence-electron chi connectivity index (χ2n) is 7.31. The fourth-order valence-corrected chi connectivity index (χ4v) is 5.19. The summed E-state index contributed by atoms with van der Waals surface area (Å²) >= 11 is 2.89. The summed E-state index contributed by atoms with van der Waals surface area (Å²) in [5.74, 6) is -0.0631. The van der Waals surface area contributed by atoms with Crippen LogP contribution in [0.5, 0.6) is 0 Å². The number of anilines is 1. The minimum absolute atomic E-state index is 0.182. The van der Waals surface area contributed by atoms with Crippen LogP contribution in [0.3, 0.4) is 0 Å². The molecule has 0 aliphatic heterocycles. The maximum Gasteiger partial charge on any atom is 0.266 e. The number of rotatable bonds is 3. The van der Waals surface area contributed by atoms with Crippen LogP contribution < -0.4 is 11.1 Å². The molecule has 1 atom stereocenters. The number of hydrogen-bond acceptors (Lipinski definition) is 4. The van der Waals surface area contributed by atoms with Gasteiger partial charge in [0.2, 0.25) is 0 Å². The quantitative estimate of drug-likeness (QED) is 0.854. The highest BCUT2D eigenvalue weighted by Crippen LogP contribution is 2.44. The molecule has 0 fully saturated rings. The zero-order valence-electron chi connectivity index (χ0n) is 14.1. The molecule has 0 aromatic carbocycles. The zero-order chi connectivity index (χ0) is 17.5. The Hall–Kier alpha value is -1.66. The van der Waals surface area contributed by atoms with E-state index in [1.807, 2.05) is 11.4 Å². The van der Waals surface area contributed by atoms with E-state index in [2.05, 4.69) is 26.1 Å². The Morgan fingerprint density at radius 3 is 2.67 bits per heavy atom.